The Labute approximate surface area is 258 Å². The Kier molecular flexibility index (Phi) is 9.33. The average molecular weight is 619 g/mol. The second-order valence-electron chi connectivity index (χ2n) is 9.56. The van der Waals surface area contributed by atoms with E-state index in [9.17, 15) is 9.59 Å². The normalized spacial score (nSPS) is 14.6. The quantitative estimate of drug-likeness (QED) is 0.220. The van der Waals surface area contributed by atoms with Gasteiger partial charge in [-0.3, -0.25) is 9.36 Å². The molecule has 5 rings (SSSR count). The number of benzene rings is 3. The van der Waals surface area contributed by atoms with E-state index in [2.05, 4.69) is 4.99 Å². The molecule has 8 nitrogen and oxygen atoms in total. The van der Waals surface area contributed by atoms with E-state index in [0.29, 0.717) is 49.5 Å². The highest BCUT2D eigenvalue weighted by molar-refractivity contribution is 7.07. The lowest BCUT2D eigenvalue weighted by Gasteiger charge is -2.25. The van der Waals surface area contributed by atoms with Crippen LogP contribution in [0.3, 0.4) is 0 Å². The van der Waals surface area contributed by atoms with Gasteiger partial charge in [-0.2, -0.15) is 0 Å². The third kappa shape index (κ3) is 6.23. The number of ether oxygens (including phenoxy) is 4. The summed E-state index contributed by atoms with van der Waals surface area (Å²) >= 11 is 7.56. The maximum Gasteiger partial charge on any atom is 0.338 e. The Balaban J connectivity index is 1.63. The lowest BCUT2D eigenvalue weighted by atomic mass is 9.95. The molecule has 4 aromatic rings. The number of nitrogens with zero attached hydrogens (tertiary/aromatic N) is 2. The van der Waals surface area contributed by atoms with Crippen molar-refractivity contribution in [1.29, 1.82) is 0 Å². The number of esters is 1. The number of carbonyl (C=O) groups is 1. The van der Waals surface area contributed by atoms with Crippen LogP contribution in [-0.2, 0) is 16.1 Å². The summed E-state index contributed by atoms with van der Waals surface area (Å²) in [5.74, 6) is 1.12. The van der Waals surface area contributed by atoms with E-state index in [-0.39, 0.29) is 24.3 Å². The Bertz CT molecular complexity index is 1880. The molecule has 1 aromatic heterocycles. The van der Waals surface area contributed by atoms with Crippen LogP contribution < -0.4 is 29.1 Å². The van der Waals surface area contributed by atoms with Crippen LogP contribution in [0.4, 0.5) is 0 Å². The molecule has 0 spiro atoms. The molecule has 43 heavy (non-hydrogen) atoms. The topological polar surface area (TPSA) is 88.4 Å². The third-order valence-electron chi connectivity index (χ3n) is 6.87. The van der Waals surface area contributed by atoms with E-state index < -0.39 is 12.0 Å². The van der Waals surface area contributed by atoms with Crippen molar-refractivity contribution in [1.82, 2.24) is 4.57 Å². The van der Waals surface area contributed by atoms with Gasteiger partial charge < -0.3 is 18.9 Å². The minimum atomic E-state index is -0.783. The summed E-state index contributed by atoms with van der Waals surface area (Å²) in [4.78, 5) is 32.5. The van der Waals surface area contributed by atoms with Gasteiger partial charge in [-0.1, -0.05) is 65.4 Å². The fraction of sp³-hybridized carbons (Fsp3) is 0.242. The number of aromatic nitrogens is 1. The molecule has 0 fully saturated rings. The molecule has 1 atom stereocenters. The minimum absolute atomic E-state index is 0.185. The molecule has 0 saturated heterocycles. The molecule has 1 aliphatic rings. The number of allylic oxidation sites excluding steroid dienone is 1. The number of carbonyl (C=O) groups excluding carboxylic acids is 1. The van der Waals surface area contributed by atoms with Gasteiger partial charge in [0.05, 0.1) is 42.2 Å². The van der Waals surface area contributed by atoms with E-state index in [1.54, 1.807) is 43.7 Å². The Morgan fingerprint density at radius 2 is 1.77 bits per heavy atom. The molecule has 10 heteroatoms. The number of hydrogen-bond acceptors (Lipinski definition) is 8. The number of halogens is 1. The summed E-state index contributed by atoms with van der Waals surface area (Å²) < 4.78 is 24.8. The van der Waals surface area contributed by atoms with Gasteiger partial charge in [0.2, 0.25) is 0 Å². The van der Waals surface area contributed by atoms with E-state index in [1.165, 1.54) is 11.3 Å². The molecule has 3 aromatic carbocycles. The van der Waals surface area contributed by atoms with Crippen molar-refractivity contribution < 1.29 is 23.7 Å². The van der Waals surface area contributed by atoms with Crippen LogP contribution in [0.5, 0.6) is 17.2 Å². The number of para-hydroxylation sites is 1. The first-order chi connectivity index (χ1) is 20.9. The van der Waals surface area contributed by atoms with Crippen LogP contribution in [0.2, 0.25) is 5.02 Å². The zero-order valence-electron chi connectivity index (χ0n) is 24.3. The molecule has 0 amide bonds. The molecule has 1 aliphatic heterocycles. The predicted molar refractivity (Wildman–Crippen MR) is 167 cm³/mol. The van der Waals surface area contributed by atoms with Crippen LogP contribution in [0.1, 0.15) is 43.5 Å². The van der Waals surface area contributed by atoms with Crippen molar-refractivity contribution in [2.24, 2.45) is 4.99 Å². The standard InChI is InChI=1S/C33H31ClN2O6S/c1-5-40-27-17-22(15-16-26(27)39-4)30-29(32(38)41-6-2)20(3)35-33-36(30)31(37)28(43-33)18-21-11-8-10-14-25(21)42-19-23-12-7-9-13-24(23)34/h7-18,30H,5-6,19H2,1-4H3/b28-18+/t30-/m1/s1. The molecule has 0 unspecified atom stereocenters. The SMILES string of the molecule is CCOC(=O)C1=C(C)N=c2s/c(=C/c3ccccc3OCc3ccccc3Cl)c(=O)n2[C@@H]1c1ccc(OC)c(OCC)c1. The number of thiazole rings is 1. The van der Waals surface area contributed by atoms with Crippen LogP contribution in [0.15, 0.2) is 87.8 Å². The smallest absolute Gasteiger partial charge is 0.338 e. The van der Waals surface area contributed by atoms with Crippen molar-refractivity contribution >= 4 is 35.0 Å². The van der Waals surface area contributed by atoms with Crippen molar-refractivity contribution in [3.8, 4) is 17.2 Å². The fourth-order valence-electron chi connectivity index (χ4n) is 4.88. The van der Waals surface area contributed by atoms with Crippen molar-refractivity contribution in [3.63, 3.8) is 0 Å². The van der Waals surface area contributed by atoms with E-state index in [1.807, 2.05) is 61.5 Å². The molecule has 0 saturated carbocycles. The second-order valence-corrected chi connectivity index (χ2v) is 11.0. The van der Waals surface area contributed by atoms with Crippen LogP contribution in [0.25, 0.3) is 6.08 Å². The highest BCUT2D eigenvalue weighted by Gasteiger charge is 2.34. The van der Waals surface area contributed by atoms with E-state index in [0.717, 1.165) is 11.1 Å². The maximum atomic E-state index is 14.1. The minimum Gasteiger partial charge on any atom is -0.493 e. The summed E-state index contributed by atoms with van der Waals surface area (Å²) in [6.45, 7) is 6.24. The van der Waals surface area contributed by atoms with Gasteiger partial charge in [-0.25, -0.2) is 9.79 Å². The summed E-state index contributed by atoms with van der Waals surface area (Å²) in [7, 11) is 1.56. The highest BCUT2D eigenvalue weighted by atomic mass is 35.5. The lowest BCUT2D eigenvalue weighted by molar-refractivity contribution is -0.139. The van der Waals surface area contributed by atoms with Gasteiger partial charge in [0.25, 0.3) is 5.56 Å². The molecular formula is C33H31ClN2O6S. The maximum absolute atomic E-state index is 14.1. The van der Waals surface area contributed by atoms with Gasteiger partial charge in [0.1, 0.15) is 12.4 Å². The fourth-order valence-corrected chi connectivity index (χ4v) is 6.11. The van der Waals surface area contributed by atoms with Crippen LogP contribution in [-0.4, -0.2) is 30.9 Å². The van der Waals surface area contributed by atoms with Gasteiger partial charge in [-0.15, -0.1) is 0 Å². The van der Waals surface area contributed by atoms with Crippen LogP contribution in [0, 0.1) is 0 Å². The summed E-state index contributed by atoms with van der Waals surface area (Å²) in [5.41, 5.74) is 2.72. The highest BCUT2D eigenvalue weighted by Crippen LogP contribution is 2.36. The van der Waals surface area contributed by atoms with Crippen molar-refractivity contribution in [3.05, 3.63) is 119 Å². The average Bonchev–Trinajstić information content (AvgIpc) is 3.30. The van der Waals surface area contributed by atoms with Gasteiger partial charge in [-0.05, 0) is 56.7 Å². The molecule has 222 valence electrons. The molecule has 0 radical (unpaired) electrons. The zero-order valence-corrected chi connectivity index (χ0v) is 25.8. The van der Waals surface area contributed by atoms with E-state index >= 15 is 0 Å². The van der Waals surface area contributed by atoms with Crippen molar-refractivity contribution in [2.75, 3.05) is 20.3 Å². The van der Waals surface area contributed by atoms with Crippen LogP contribution >= 0.6 is 22.9 Å². The summed E-state index contributed by atoms with van der Waals surface area (Å²) in [6, 6.07) is 19.6. The number of hydrogen-bond donors (Lipinski definition) is 0. The molecule has 0 bridgehead atoms. The summed E-state index contributed by atoms with van der Waals surface area (Å²) in [6.07, 6.45) is 1.78. The largest absolute Gasteiger partial charge is 0.493 e. The third-order valence-corrected chi connectivity index (χ3v) is 8.22. The Morgan fingerprint density at radius 3 is 2.51 bits per heavy atom. The molecule has 2 heterocycles. The van der Waals surface area contributed by atoms with Gasteiger partial charge in [0, 0.05) is 16.1 Å². The molecular weight excluding hydrogens is 588 g/mol. The van der Waals surface area contributed by atoms with E-state index in [4.69, 9.17) is 30.5 Å². The lowest BCUT2D eigenvalue weighted by Crippen LogP contribution is -2.40. The first kappa shape index (κ1) is 30.1. The number of methoxy groups -OCH3 is 1. The van der Waals surface area contributed by atoms with Gasteiger partial charge >= 0.3 is 5.97 Å². The van der Waals surface area contributed by atoms with Gasteiger partial charge in [0.15, 0.2) is 16.3 Å². The monoisotopic (exact) mass is 618 g/mol. The summed E-state index contributed by atoms with van der Waals surface area (Å²) in [5, 5.41) is 0.618. The predicted octanol–water partition coefficient (Wildman–Crippen LogP) is 5.44. The molecule has 0 N–H and O–H groups in total. The Hall–Kier alpha value is -4.34. The first-order valence-corrected chi connectivity index (χ1v) is 15.0. The Morgan fingerprint density at radius 1 is 1.00 bits per heavy atom. The number of fused-ring (bicyclic) bond motifs is 1. The number of rotatable bonds is 10. The second kappa shape index (κ2) is 13.3. The first-order valence-electron chi connectivity index (χ1n) is 13.8. The zero-order chi connectivity index (χ0) is 30.5. The van der Waals surface area contributed by atoms with Crippen molar-refractivity contribution in [2.45, 2.75) is 33.4 Å². The molecule has 0 aliphatic carbocycles.